The number of aromatic nitrogens is 3. The highest BCUT2D eigenvalue weighted by Crippen LogP contribution is 2.25. The van der Waals surface area contributed by atoms with Crippen molar-refractivity contribution in [2.75, 3.05) is 12.5 Å². The van der Waals surface area contributed by atoms with E-state index in [9.17, 15) is 0 Å². The van der Waals surface area contributed by atoms with Crippen molar-refractivity contribution in [1.82, 2.24) is 14.8 Å². The number of rotatable bonds is 6. The first kappa shape index (κ1) is 18.6. The highest BCUT2D eigenvalue weighted by molar-refractivity contribution is 5.89. The lowest BCUT2D eigenvalue weighted by molar-refractivity contribution is 0.415. The number of benzene rings is 3. The molecule has 0 aliphatic carbocycles. The van der Waals surface area contributed by atoms with Crippen LogP contribution < -0.4 is 10.2 Å². The molecular weight excluding hydrogens is 390 g/mol. The van der Waals surface area contributed by atoms with Crippen LogP contribution in [-0.2, 0) is 0 Å². The van der Waals surface area contributed by atoms with Crippen molar-refractivity contribution in [2.45, 2.75) is 0 Å². The van der Waals surface area contributed by atoms with Crippen molar-refractivity contribution in [3.63, 3.8) is 0 Å². The van der Waals surface area contributed by atoms with Crippen LogP contribution in [0.2, 0.25) is 0 Å². The number of hydrazone groups is 1. The summed E-state index contributed by atoms with van der Waals surface area (Å²) in [6, 6.07) is 25.6. The van der Waals surface area contributed by atoms with Gasteiger partial charge in [0.1, 0.15) is 17.0 Å². The third kappa shape index (κ3) is 3.89. The molecule has 0 radical (unpaired) electrons. The number of nitrogens with one attached hydrogen (secondary N) is 1. The van der Waals surface area contributed by atoms with E-state index in [1.165, 1.54) is 0 Å². The van der Waals surface area contributed by atoms with Gasteiger partial charge in [0, 0.05) is 17.3 Å². The number of fused-ring (bicyclic) bond motifs is 1. The lowest BCUT2D eigenvalue weighted by Gasteiger charge is -2.02. The first-order chi connectivity index (χ1) is 15.3. The van der Waals surface area contributed by atoms with E-state index in [0.717, 1.165) is 33.8 Å². The molecule has 0 aliphatic heterocycles. The van der Waals surface area contributed by atoms with Crippen molar-refractivity contribution in [3.05, 3.63) is 90.6 Å². The summed E-state index contributed by atoms with van der Waals surface area (Å²) < 4.78 is 12.8. The number of methoxy groups -OCH3 is 1. The van der Waals surface area contributed by atoms with E-state index in [4.69, 9.17) is 14.3 Å². The van der Waals surface area contributed by atoms with Gasteiger partial charge in [-0.15, -0.1) is 0 Å². The number of nitrogens with zero attached hydrogens (tertiary/aromatic N) is 4. The Bertz CT molecular complexity index is 1300. The Morgan fingerprint density at radius 3 is 2.52 bits per heavy atom. The van der Waals surface area contributed by atoms with Crippen LogP contribution in [0.1, 0.15) is 5.56 Å². The van der Waals surface area contributed by atoms with Crippen LogP contribution in [0.5, 0.6) is 5.75 Å². The molecule has 0 bridgehead atoms. The van der Waals surface area contributed by atoms with Gasteiger partial charge < -0.3 is 9.15 Å². The second-order valence-corrected chi connectivity index (χ2v) is 6.80. The van der Waals surface area contributed by atoms with E-state index in [1.807, 2.05) is 89.7 Å². The SMILES string of the molecule is COc1ccc(-c2nn(-c3ccccc3)cc2/C=N\Nc2nc3ccccc3o2)cc1. The number of anilines is 1. The van der Waals surface area contributed by atoms with Crippen molar-refractivity contribution in [1.29, 1.82) is 0 Å². The highest BCUT2D eigenvalue weighted by Gasteiger charge is 2.12. The fraction of sp³-hybridized carbons (Fsp3) is 0.0417. The molecule has 0 saturated carbocycles. The van der Waals surface area contributed by atoms with Gasteiger partial charge in [0.2, 0.25) is 0 Å². The Morgan fingerprint density at radius 2 is 1.74 bits per heavy atom. The van der Waals surface area contributed by atoms with Crippen molar-refractivity contribution in [3.8, 4) is 22.7 Å². The van der Waals surface area contributed by atoms with Crippen LogP contribution >= 0.6 is 0 Å². The topological polar surface area (TPSA) is 77.5 Å². The molecule has 0 unspecified atom stereocenters. The maximum atomic E-state index is 5.65. The van der Waals surface area contributed by atoms with E-state index < -0.39 is 0 Å². The molecule has 5 rings (SSSR count). The Hall–Kier alpha value is -4.39. The fourth-order valence-electron chi connectivity index (χ4n) is 3.25. The molecule has 5 aromatic rings. The Labute approximate surface area is 178 Å². The smallest absolute Gasteiger partial charge is 0.316 e. The minimum absolute atomic E-state index is 0.332. The van der Waals surface area contributed by atoms with Gasteiger partial charge in [0.05, 0.1) is 19.0 Å². The van der Waals surface area contributed by atoms with E-state index in [0.29, 0.717) is 11.6 Å². The number of para-hydroxylation sites is 3. The quantitative estimate of drug-likeness (QED) is 0.311. The molecule has 3 aromatic carbocycles. The first-order valence-corrected chi connectivity index (χ1v) is 9.74. The Morgan fingerprint density at radius 1 is 0.968 bits per heavy atom. The number of ether oxygens (including phenoxy) is 1. The lowest BCUT2D eigenvalue weighted by atomic mass is 10.1. The average molecular weight is 409 g/mol. The van der Waals surface area contributed by atoms with Gasteiger partial charge in [-0.3, -0.25) is 0 Å². The second kappa shape index (κ2) is 8.16. The summed E-state index contributed by atoms with van der Waals surface area (Å²) in [5.41, 5.74) is 7.91. The summed E-state index contributed by atoms with van der Waals surface area (Å²) in [6.45, 7) is 0. The van der Waals surface area contributed by atoms with Gasteiger partial charge in [0.25, 0.3) is 0 Å². The van der Waals surface area contributed by atoms with Crippen LogP contribution in [0.25, 0.3) is 28.0 Å². The first-order valence-electron chi connectivity index (χ1n) is 9.74. The molecule has 0 aliphatic rings. The molecule has 0 saturated heterocycles. The molecule has 2 aromatic heterocycles. The van der Waals surface area contributed by atoms with Crippen molar-refractivity contribution < 1.29 is 9.15 Å². The lowest BCUT2D eigenvalue weighted by Crippen LogP contribution is -1.94. The minimum Gasteiger partial charge on any atom is -0.497 e. The molecule has 31 heavy (non-hydrogen) atoms. The predicted octanol–water partition coefficient (Wildman–Crippen LogP) is 5.14. The standard InChI is InChI=1S/C24H19N5O2/c1-30-20-13-11-17(12-14-20)23-18(16-29(28-23)19-7-3-2-4-8-19)15-25-27-24-26-21-9-5-6-10-22(21)31-24/h2-16H,1H3,(H,26,27)/b25-15-. The zero-order chi connectivity index (χ0) is 21.0. The van der Waals surface area contributed by atoms with E-state index in [1.54, 1.807) is 13.3 Å². The van der Waals surface area contributed by atoms with Crippen LogP contribution in [0.3, 0.4) is 0 Å². The second-order valence-electron chi connectivity index (χ2n) is 6.80. The number of hydrogen-bond acceptors (Lipinski definition) is 6. The summed E-state index contributed by atoms with van der Waals surface area (Å²) >= 11 is 0. The van der Waals surface area contributed by atoms with E-state index >= 15 is 0 Å². The van der Waals surface area contributed by atoms with Crippen LogP contribution in [0.4, 0.5) is 6.01 Å². The predicted molar refractivity (Wildman–Crippen MR) is 121 cm³/mol. The highest BCUT2D eigenvalue weighted by atomic mass is 16.5. The van der Waals surface area contributed by atoms with Gasteiger partial charge in [-0.25, -0.2) is 10.1 Å². The van der Waals surface area contributed by atoms with Gasteiger partial charge in [-0.2, -0.15) is 15.2 Å². The molecule has 0 amide bonds. The summed E-state index contributed by atoms with van der Waals surface area (Å²) in [5.74, 6) is 0.791. The molecule has 2 heterocycles. The molecule has 152 valence electrons. The molecule has 7 heteroatoms. The van der Waals surface area contributed by atoms with Gasteiger partial charge >= 0.3 is 6.01 Å². The summed E-state index contributed by atoms with van der Waals surface area (Å²) in [5, 5.41) is 9.11. The maximum Gasteiger partial charge on any atom is 0.316 e. The molecule has 0 atom stereocenters. The third-order valence-corrected chi connectivity index (χ3v) is 4.78. The number of oxazole rings is 1. The normalized spacial score (nSPS) is 11.3. The Kier molecular flexibility index (Phi) is 4.90. The molecule has 7 nitrogen and oxygen atoms in total. The van der Waals surface area contributed by atoms with E-state index in [-0.39, 0.29) is 0 Å². The van der Waals surface area contributed by atoms with Gasteiger partial charge in [-0.1, -0.05) is 30.3 Å². The van der Waals surface area contributed by atoms with Crippen molar-refractivity contribution in [2.24, 2.45) is 5.10 Å². The van der Waals surface area contributed by atoms with Crippen LogP contribution in [0.15, 0.2) is 94.6 Å². The molecular formula is C24H19N5O2. The fourth-order valence-corrected chi connectivity index (χ4v) is 3.25. The van der Waals surface area contributed by atoms with E-state index in [2.05, 4.69) is 15.5 Å². The zero-order valence-corrected chi connectivity index (χ0v) is 16.8. The average Bonchev–Trinajstić information content (AvgIpc) is 3.44. The summed E-state index contributed by atoms with van der Waals surface area (Å²) in [4.78, 5) is 4.37. The summed E-state index contributed by atoms with van der Waals surface area (Å²) in [7, 11) is 1.65. The molecule has 1 N–H and O–H groups in total. The Balaban J connectivity index is 1.47. The zero-order valence-electron chi connectivity index (χ0n) is 16.8. The van der Waals surface area contributed by atoms with Gasteiger partial charge in [0.15, 0.2) is 5.58 Å². The van der Waals surface area contributed by atoms with Gasteiger partial charge in [-0.05, 0) is 48.5 Å². The van der Waals surface area contributed by atoms with Crippen molar-refractivity contribution >= 4 is 23.3 Å². The molecule has 0 fully saturated rings. The monoisotopic (exact) mass is 409 g/mol. The maximum absolute atomic E-state index is 5.65. The number of hydrogen-bond donors (Lipinski definition) is 1. The van der Waals surface area contributed by atoms with Crippen LogP contribution in [-0.4, -0.2) is 28.1 Å². The molecule has 0 spiro atoms. The minimum atomic E-state index is 0.332. The van der Waals surface area contributed by atoms with Crippen LogP contribution in [0, 0.1) is 0 Å². The summed E-state index contributed by atoms with van der Waals surface area (Å²) in [6.07, 6.45) is 3.65. The largest absolute Gasteiger partial charge is 0.497 e. The third-order valence-electron chi connectivity index (χ3n) is 4.78.